The van der Waals surface area contributed by atoms with Gasteiger partial charge in [-0.3, -0.25) is 0 Å². The van der Waals surface area contributed by atoms with Crippen molar-refractivity contribution < 1.29 is 18.9 Å². The fourth-order valence-corrected chi connectivity index (χ4v) is 2.85. The Morgan fingerprint density at radius 3 is 2.48 bits per heavy atom. The summed E-state index contributed by atoms with van der Waals surface area (Å²) in [6.07, 6.45) is 7.57. The van der Waals surface area contributed by atoms with Crippen molar-refractivity contribution in [1.29, 1.82) is 0 Å². The SMILES string of the molecule is CCCC[C@@H]1OC1COc1ccc(-c2ncc(OC[C@]3(C)CO3)cn2)cc1. The Morgan fingerprint density at radius 1 is 1.07 bits per heavy atom. The Balaban J connectivity index is 1.26. The highest BCUT2D eigenvalue weighted by atomic mass is 16.6. The van der Waals surface area contributed by atoms with E-state index in [1.807, 2.05) is 31.2 Å². The molecular weight excluding hydrogens is 344 g/mol. The summed E-state index contributed by atoms with van der Waals surface area (Å²) in [5, 5.41) is 0. The molecule has 1 aromatic carbocycles. The largest absolute Gasteiger partial charge is 0.491 e. The van der Waals surface area contributed by atoms with Crippen molar-refractivity contribution in [3.05, 3.63) is 36.7 Å². The predicted molar refractivity (Wildman–Crippen MR) is 101 cm³/mol. The number of aromatic nitrogens is 2. The van der Waals surface area contributed by atoms with E-state index in [0.29, 0.717) is 30.9 Å². The van der Waals surface area contributed by atoms with Gasteiger partial charge in [-0.25, -0.2) is 9.97 Å². The number of hydrogen-bond acceptors (Lipinski definition) is 6. The fraction of sp³-hybridized carbons (Fsp3) is 0.524. The molecule has 0 spiro atoms. The van der Waals surface area contributed by atoms with Crippen LogP contribution in [0.15, 0.2) is 36.7 Å². The summed E-state index contributed by atoms with van der Waals surface area (Å²) in [7, 11) is 0. The van der Waals surface area contributed by atoms with Gasteiger partial charge in [0.2, 0.25) is 0 Å². The topological polar surface area (TPSA) is 69.3 Å². The molecule has 0 saturated carbocycles. The van der Waals surface area contributed by atoms with E-state index in [4.69, 9.17) is 18.9 Å². The Labute approximate surface area is 159 Å². The van der Waals surface area contributed by atoms with Gasteiger partial charge < -0.3 is 18.9 Å². The van der Waals surface area contributed by atoms with Gasteiger partial charge in [0.1, 0.15) is 30.7 Å². The predicted octanol–water partition coefficient (Wildman–Crippen LogP) is 3.65. The van der Waals surface area contributed by atoms with Crippen LogP contribution >= 0.6 is 0 Å². The second-order valence-corrected chi connectivity index (χ2v) is 7.46. The van der Waals surface area contributed by atoms with Crippen molar-refractivity contribution in [3.8, 4) is 22.9 Å². The van der Waals surface area contributed by atoms with Gasteiger partial charge in [0, 0.05) is 5.56 Å². The van der Waals surface area contributed by atoms with E-state index in [1.54, 1.807) is 12.4 Å². The van der Waals surface area contributed by atoms with Crippen molar-refractivity contribution >= 4 is 0 Å². The summed E-state index contributed by atoms with van der Waals surface area (Å²) < 4.78 is 22.4. The van der Waals surface area contributed by atoms with Crippen LogP contribution in [0.3, 0.4) is 0 Å². The van der Waals surface area contributed by atoms with E-state index in [1.165, 1.54) is 12.8 Å². The molecule has 2 aromatic rings. The van der Waals surface area contributed by atoms with Gasteiger partial charge in [-0.2, -0.15) is 0 Å². The average molecular weight is 370 g/mol. The molecule has 0 N–H and O–H groups in total. The molecule has 27 heavy (non-hydrogen) atoms. The average Bonchev–Trinajstić information content (AvgIpc) is 3.62. The summed E-state index contributed by atoms with van der Waals surface area (Å²) in [4.78, 5) is 8.77. The van der Waals surface area contributed by atoms with Gasteiger partial charge in [-0.05, 0) is 37.6 Å². The lowest BCUT2D eigenvalue weighted by atomic mass is 10.1. The van der Waals surface area contributed by atoms with Crippen LogP contribution in [0, 0.1) is 0 Å². The van der Waals surface area contributed by atoms with E-state index in [9.17, 15) is 0 Å². The van der Waals surface area contributed by atoms with Gasteiger partial charge in [-0.1, -0.05) is 19.8 Å². The number of rotatable bonds is 10. The van der Waals surface area contributed by atoms with Crippen LogP contribution < -0.4 is 9.47 Å². The number of nitrogens with zero attached hydrogens (tertiary/aromatic N) is 2. The first kappa shape index (κ1) is 18.2. The first-order chi connectivity index (χ1) is 13.1. The number of benzene rings is 1. The van der Waals surface area contributed by atoms with Crippen molar-refractivity contribution in [2.45, 2.75) is 50.9 Å². The summed E-state index contributed by atoms with van der Waals surface area (Å²) >= 11 is 0. The monoisotopic (exact) mass is 370 g/mol. The molecule has 1 unspecified atom stereocenters. The third-order valence-corrected chi connectivity index (χ3v) is 4.87. The third kappa shape index (κ3) is 4.96. The number of epoxide rings is 2. The first-order valence-corrected chi connectivity index (χ1v) is 9.63. The molecule has 3 atom stereocenters. The van der Waals surface area contributed by atoms with E-state index in [2.05, 4.69) is 16.9 Å². The molecule has 2 saturated heterocycles. The maximum atomic E-state index is 5.82. The zero-order valence-corrected chi connectivity index (χ0v) is 15.9. The maximum absolute atomic E-state index is 5.82. The molecule has 0 amide bonds. The van der Waals surface area contributed by atoms with Crippen LogP contribution in [-0.4, -0.2) is 47.6 Å². The molecule has 1 aromatic heterocycles. The van der Waals surface area contributed by atoms with Gasteiger partial charge in [0.05, 0.1) is 25.1 Å². The second kappa shape index (κ2) is 7.82. The smallest absolute Gasteiger partial charge is 0.159 e. The molecule has 6 heteroatoms. The number of hydrogen-bond donors (Lipinski definition) is 0. The van der Waals surface area contributed by atoms with Crippen LogP contribution in [0.2, 0.25) is 0 Å². The van der Waals surface area contributed by atoms with E-state index < -0.39 is 0 Å². The quantitative estimate of drug-likeness (QED) is 0.595. The zero-order valence-electron chi connectivity index (χ0n) is 15.9. The molecule has 0 aliphatic carbocycles. The normalized spacial score (nSPS) is 25.9. The summed E-state index contributed by atoms with van der Waals surface area (Å²) in [5.74, 6) is 2.14. The zero-order chi connectivity index (χ0) is 18.7. The Hall–Kier alpha value is -2.18. The van der Waals surface area contributed by atoms with Crippen LogP contribution in [0.5, 0.6) is 11.5 Å². The summed E-state index contributed by atoms with van der Waals surface area (Å²) in [6, 6.07) is 7.81. The fourth-order valence-electron chi connectivity index (χ4n) is 2.85. The maximum Gasteiger partial charge on any atom is 0.159 e. The summed E-state index contributed by atoms with van der Waals surface area (Å²) in [6.45, 7) is 6.09. The van der Waals surface area contributed by atoms with E-state index in [0.717, 1.165) is 24.3 Å². The number of ether oxygens (including phenoxy) is 4. The van der Waals surface area contributed by atoms with Crippen LogP contribution in [0.25, 0.3) is 11.4 Å². The number of unbranched alkanes of at least 4 members (excludes halogenated alkanes) is 1. The lowest BCUT2D eigenvalue weighted by Crippen LogP contribution is -2.17. The minimum atomic E-state index is -0.143. The Morgan fingerprint density at radius 2 is 1.81 bits per heavy atom. The lowest BCUT2D eigenvalue weighted by molar-refractivity contribution is 0.201. The highest BCUT2D eigenvalue weighted by Gasteiger charge is 2.40. The molecule has 0 bridgehead atoms. The standard InChI is InChI=1S/C21H26N2O4/c1-3-4-5-18-19(27-18)12-24-16-8-6-15(7-9-16)20-22-10-17(11-23-20)25-13-21(2)14-26-21/h6-11,18-19H,3-5,12-14H2,1-2H3/t18-,19?,21+/m0/s1. The summed E-state index contributed by atoms with van der Waals surface area (Å²) in [5.41, 5.74) is 0.797. The van der Waals surface area contributed by atoms with Crippen molar-refractivity contribution in [2.24, 2.45) is 0 Å². The molecule has 3 heterocycles. The molecule has 6 nitrogen and oxygen atoms in total. The van der Waals surface area contributed by atoms with Gasteiger partial charge in [0.25, 0.3) is 0 Å². The first-order valence-electron chi connectivity index (χ1n) is 9.63. The van der Waals surface area contributed by atoms with E-state index in [-0.39, 0.29) is 11.7 Å². The van der Waals surface area contributed by atoms with Crippen molar-refractivity contribution in [3.63, 3.8) is 0 Å². The molecule has 2 fully saturated rings. The van der Waals surface area contributed by atoms with Gasteiger partial charge in [0.15, 0.2) is 11.6 Å². The lowest BCUT2D eigenvalue weighted by Gasteiger charge is -2.09. The molecule has 0 radical (unpaired) electrons. The molecule has 2 aliphatic rings. The van der Waals surface area contributed by atoms with Gasteiger partial charge >= 0.3 is 0 Å². The minimum Gasteiger partial charge on any atom is -0.491 e. The Kier molecular flexibility index (Phi) is 5.27. The third-order valence-electron chi connectivity index (χ3n) is 4.87. The van der Waals surface area contributed by atoms with Crippen molar-refractivity contribution in [2.75, 3.05) is 19.8 Å². The molecular formula is C21H26N2O4. The van der Waals surface area contributed by atoms with Crippen LogP contribution in [0.4, 0.5) is 0 Å². The van der Waals surface area contributed by atoms with Crippen LogP contribution in [0.1, 0.15) is 33.1 Å². The molecule has 2 aliphatic heterocycles. The van der Waals surface area contributed by atoms with Crippen LogP contribution in [-0.2, 0) is 9.47 Å². The van der Waals surface area contributed by atoms with Gasteiger partial charge in [-0.15, -0.1) is 0 Å². The molecule has 144 valence electrons. The van der Waals surface area contributed by atoms with E-state index >= 15 is 0 Å². The minimum absolute atomic E-state index is 0.143. The Bertz CT molecular complexity index is 744. The molecule has 4 rings (SSSR count). The van der Waals surface area contributed by atoms with Crippen molar-refractivity contribution in [1.82, 2.24) is 9.97 Å². The highest BCUT2D eigenvalue weighted by molar-refractivity contribution is 5.56. The highest BCUT2D eigenvalue weighted by Crippen LogP contribution is 2.29. The second-order valence-electron chi connectivity index (χ2n) is 7.46.